The molecule has 1 aromatic carbocycles. The molecule has 0 radical (unpaired) electrons. The zero-order chi connectivity index (χ0) is 17.1. The highest BCUT2D eigenvalue weighted by molar-refractivity contribution is 5.79. The quantitative estimate of drug-likeness (QED) is 0.785. The van der Waals surface area contributed by atoms with Crippen LogP contribution in [-0.4, -0.2) is 22.4 Å². The number of aryl methyl sites for hydroxylation is 2. The summed E-state index contributed by atoms with van der Waals surface area (Å²) in [5, 5.41) is 2.96. The second-order valence-electron chi connectivity index (χ2n) is 5.79. The van der Waals surface area contributed by atoms with Gasteiger partial charge in [-0.1, -0.05) is 24.3 Å². The number of ether oxygens (including phenoxy) is 1. The molecule has 0 spiro atoms. The summed E-state index contributed by atoms with van der Waals surface area (Å²) in [7, 11) is 1.63. The lowest BCUT2D eigenvalue weighted by atomic mass is 10.2. The molecule has 0 atom stereocenters. The Bertz CT molecular complexity index is 883. The minimum Gasteiger partial charge on any atom is -0.496 e. The number of para-hydroxylation sites is 1. The van der Waals surface area contributed by atoms with E-state index in [2.05, 4.69) is 10.3 Å². The standard InChI is InChI=1S/C19H21N3O2/c1-13-7-6-10-22-16(14(2)21-19(13)22)11-18(23)20-12-15-8-4-5-9-17(15)24-3/h4-10H,11-12H2,1-3H3,(H,20,23). The van der Waals surface area contributed by atoms with Crippen LogP contribution in [0.1, 0.15) is 22.5 Å². The number of benzene rings is 1. The molecule has 1 N–H and O–H groups in total. The van der Waals surface area contributed by atoms with Gasteiger partial charge in [-0.25, -0.2) is 4.98 Å². The van der Waals surface area contributed by atoms with Gasteiger partial charge in [0.05, 0.1) is 24.9 Å². The zero-order valence-electron chi connectivity index (χ0n) is 14.2. The molecule has 0 unspecified atom stereocenters. The SMILES string of the molecule is COc1ccccc1CNC(=O)Cc1c(C)nc2c(C)cccn12. The number of aromatic nitrogens is 2. The van der Waals surface area contributed by atoms with Gasteiger partial charge >= 0.3 is 0 Å². The van der Waals surface area contributed by atoms with E-state index in [1.165, 1.54) is 0 Å². The number of amides is 1. The van der Waals surface area contributed by atoms with Crippen molar-refractivity contribution < 1.29 is 9.53 Å². The van der Waals surface area contributed by atoms with E-state index in [4.69, 9.17) is 4.74 Å². The molecule has 5 nitrogen and oxygen atoms in total. The Balaban J connectivity index is 1.74. The number of fused-ring (bicyclic) bond motifs is 1. The summed E-state index contributed by atoms with van der Waals surface area (Å²) >= 11 is 0. The van der Waals surface area contributed by atoms with Gasteiger partial charge in [-0.05, 0) is 31.5 Å². The van der Waals surface area contributed by atoms with E-state index in [0.29, 0.717) is 13.0 Å². The number of nitrogens with one attached hydrogen (secondary N) is 1. The fourth-order valence-corrected chi connectivity index (χ4v) is 2.84. The number of nitrogens with zero attached hydrogens (tertiary/aromatic N) is 2. The molecule has 124 valence electrons. The van der Waals surface area contributed by atoms with Crippen LogP contribution in [0.3, 0.4) is 0 Å². The molecule has 0 bridgehead atoms. The highest BCUT2D eigenvalue weighted by atomic mass is 16.5. The molecular weight excluding hydrogens is 302 g/mol. The van der Waals surface area contributed by atoms with Crippen molar-refractivity contribution in [2.24, 2.45) is 0 Å². The summed E-state index contributed by atoms with van der Waals surface area (Å²) in [5.41, 5.74) is 4.77. The lowest BCUT2D eigenvalue weighted by Crippen LogP contribution is -2.25. The highest BCUT2D eigenvalue weighted by Crippen LogP contribution is 2.18. The van der Waals surface area contributed by atoms with Gasteiger partial charge in [-0.2, -0.15) is 0 Å². The van der Waals surface area contributed by atoms with Crippen LogP contribution in [0.15, 0.2) is 42.6 Å². The molecule has 2 heterocycles. The van der Waals surface area contributed by atoms with Gasteiger partial charge in [-0.3, -0.25) is 4.79 Å². The molecule has 3 aromatic rings. The highest BCUT2D eigenvalue weighted by Gasteiger charge is 2.14. The normalized spacial score (nSPS) is 10.8. The molecule has 1 amide bonds. The average molecular weight is 323 g/mol. The van der Waals surface area contributed by atoms with Crippen molar-refractivity contribution >= 4 is 11.6 Å². The third-order valence-corrected chi connectivity index (χ3v) is 4.14. The van der Waals surface area contributed by atoms with E-state index in [9.17, 15) is 4.79 Å². The minimum absolute atomic E-state index is 0.0349. The van der Waals surface area contributed by atoms with Crippen LogP contribution in [0.25, 0.3) is 5.65 Å². The van der Waals surface area contributed by atoms with Crippen molar-refractivity contribution in [3.63, 3.8) is 0 Å². The van der Waals surface area contributed by atoms with E-state index in [0.717, 1.165) is 33.9 Å². The van der Waals surface area contributed by atoms with Crippen LogP contribution in [0.2, 0.25) is 0 Å². The molecule has 5 heteroatoms. The van der Waals surface area contributed by atoms with Gasteiger partial charge in [0.1, 0.15) is 11.4 Å². The minimum atomic E-state index is -0.0349. The topological polar surface area (TPSA) is 55.6 Å². The Kier molecular flexibility index (Phi) is 4.51. The van der Waals surface area contributed by atoms with Crippen molar-refractivity contribution in [2.45, 2.75) is 26.8 Å². The van der Waals surface area contributed by atoms with Gasteiger partial charge in [0.2, 0.25) is 5.91 Å². The first-order chi connectivity index (χ1) is 11.6. The van der Waals surface area contributed by atoms with Crippen molar-refractivity contribution in [3.05, 3.63) is 65.1 Å². The first-order valence-corrected chi connectivity index (χ1v) is 7.92. The predicted molar refractivity (Wildman–Crippen MR) is 93.2 cm³/mol. The summed E-state index contributed by atoms with van der Waals surface area (Å²) < 4.78 is 7.30. The molecule has 0 saturated carbocycles. The molecular formula is C19H21N3O2. The maximum atomic E-state index is 12.4. The molecule has 0 aliphatic carbocycles. The summed E-state index contributed by atoms with van der Waals surface area (Å²) in [6.07, 6.45) is 2.25. The summed E-state index contributed by atoms with van der Waals surface area (Å²) in [4.78, 5) is 16.9. The van der Waals surface area contributed by atoms with E-state index in [1.54, 1.807) is 7.11 Å². The maximum Gasteiger partial charge on any atom is 0.226 e. The molecule has 2 aromatic heterocycles. The summed E-state index contributed by atoms with van der Waals surface area (Å²) in [6.45, 7) is 4.40. The van der Waals surface area contributed by atoms with E-state index >= 15 is 0 Å². The lowest BCUT2D eigenvalue weighted by Gasteiger charge is -2.10. The zero-order valence-corrected chi connectivity index (χ0v) is 14.2. The Morgan fingerprint density at radius 2 is 2.00 bits per heavy atom. The third kappa shape index (κ3) is 3.11. The number of imidazole rings is 1. The molecule has 3 rings (SSSR count). The molecule has 0 saturated heterocycles. The van der Waals surface area contributed by atoms with Crippen LogP contribution < -0.4 is 10.1 Å². The van der Waals surface area contributed by atoms with Crippen LogP contribution in [0, 0.1) is 13.8 Å². The fraction of sp³-hybridized carbons (Fsp3) is 0.263. The number of carbonyl (C=O) groups is 1. The molecule has 0 aliphatic heterocycles. The van der Waals surface area contributed by atoms with E-state index in [1.807, 2.05) is 60.8 Å². The first-order valence-electron chi connectivity index (χ1n) is 7.92. The van der Waals surface area contributed by atoms with Crippen molar-refractivity contribution in [2.75, 3.05) is 7.11 Å². The fourth-order valence-electron chi connectivity index (χ4n) is 2.84. The smallest absolute Gasteiger partial charge is 0.226 e. The van der Waals surface area contributed by atoms with E-state index in [-0.39, 0.29) is 5.91 Å². The molecule has 24 heavy (non-hydrogen) atoms. The van der Waals surface area contributed by atoms with Crippen LogP contribution in [-0.2, 0) is 17.8 Å². The van der Waals surface area contributed by atoms with Crippen molar-refractivity contribution in [3.8, 4) is 5.75 Å². The second-order valence-corrected chi connectivity index (χ2v) is 5.79. The van der Waals surface area contributed by atoms with Gasteiger partial charge < -0.3 is 14.5 Å². The Hall–Kier alpha value is -2.82. The Morgan fingerprint density at radius 3 is 2.79 bits per heavy atom. The van der Waals surface area contributed by atoms with Gasteiger partial charge in [0.25, 0.3) is 0 Å². The monoisotopic (exact) mass is 323 g/mol. The largest absolute Gasteiger partial charge is 0.496 e. The van der Waals surface area contributed by atoms with Crippen molar-refractivity contribution in [1.82, 2.24) is 14.7 Å². The van der Waals surface area contributed by atoms with Crippen LogP contribution in [0.4, 0.5) is 0 Å². The maximum absolute atomic E-state index is 12.4. The number of carbonyl (C=O) groups excluding carboxylic acids is 1. The number of hydrogen-bond acceptors (Lipinski definition) is 3. The first kappa shape index (κ1) is 16.1. The Morgan fingerprint density at radius 1 is 1.21 bits per heavy atom. The van der Waals surface area contributed by atoms with E-state index < -0.39 is 0 Å². The second kappa shape index (κ2) is 6.74. The number of pyridine rings is 1. The predicted octanol–water partition coefficient (Wildman–Crippen LogP) is 2.82. The van der Waals surface area contributed by atoms with Gasteiger partial charge in [-0.15, -0.1) is 0 Å². The lowest BCUT2D eigenvalue weighted by molar-refractivity contribution is -0.120. The summed E-state index contributed by atoms with van der Waals surface area (Å²) in [6, 6.07) is 11.7. The van der Waals surface area contributed by atoms with Crippen LogP contribution >= 0.6 is 0 Å². The molecule has 0 fully saturated rings. The summed E-state index contributed by atoms with van der Waals surface area (Å²) in [5.74, 6) is 0.742. The molecule has 0 aliphatic rings. The number of methoxy groups -OCH3 is 1. The van der Waals surface area contributed by atoms with Gasteiger partial charge in [0.15, 0.2) is 0 Å². The number of rotatable bonds is 5. The van der Waals surface area contributed by atoms with Crippen LogP contribution in [0.5, 0.6) is 5.75 Å². The van der Waals surface area contributed by atoms with Crippen molar-refractivity contribution in [1.29, 1.82) is 0 Å². The van der Waals surface area contributed by atoms with Gasteiger partial charge in [0, 0.05) is 18.3 Å². The number of hydrogen-bond donors (Lipinski definition) is 1. The third-order valence-electron chi connectivity index (χ3n) is 4.14. The Labute approximate surface area is 141 Å². The average Bonchev–Trinajstić information content (AvgIpc) is 2.91.